The molecule has 0 radical (unpaired) electrons. The lowest BCUT2D eigenvalue weighted by Gasteiger charge is -2.14. The van der Waals surface area contributed by atoms with Crippen molar-refractivity contribution in [3.8, 4) is 0 Å². The maximum atomic E-state index is 11.2. The molecule has 1 aromatic rings. The summed E-state index contributed by atoms with van der Waals surface area (Å²) in [5.74, 6) is 0. The normalized spacial score (nSPS) is 17.0. The summed E-state index contributed by atoms with van der Waals surface area (Å²) in [5, 5.41) is 22.1. The predicted octanol–water partition coefficient (Wildman–Crippen LogP) is 0.974. The van der Waals surface area contributed by atoms with Crippen molar-refractivity contribution in [2.24, 2.45) is 5.14 Å². The second-order valence-corrected chi connectivity index (χ2v) is 8.20. The van der Waals surface area contributed by atoms with Crippen molar-refractivity contribution in [1.82, 2.24) is 5.32 Å². The molecule has 1 heterocycles. The number of nitro groups is 1. The van der Waals surface area contributed by atoms with Crippen molar-refractivity contribution in [3.05, 3.63) is 28.3 Å². The summed E-state index contributed by atoms with van der Waals surface area (Å²) in [6, 6.07) is 3.70. The van der Waals surface area contributed by atoms with E-state index in [1.807, 2.05) is 20.8 Å². The van der Waals surface area contributed by atoms with Crippen LogP contribution in [0.1, 0.15) is 27.2 Å². The predicted molar refractivity (Wildman–Crippen MR) is 96.3 cm³/mol. The number of benzene rings is 1. The van der Waals surface area contributed by atoms with Crippen molar-refractivity contribution in [2.45, 2.75) is 43.7 Å². The van der Waals surface area contributed by atoms with Gasteiger partial charge < -0.3 is 15.4 Å². The molecule has 4 N–H and O–H groups in total. The van der Waals surface area contributed by atoms with Crippen LogP contribution in [0.4, 0.5) is 11.4 Å². The van der Waals surface area contributed by atoms with E-state index in [9.17, 15) is 23.3 Å². The number of primary sulfonamides is 1. The van der Waals surface area contributed by atoms with Crippen LogP contribution in [0.15, 0.2) is 23.1 Å². The largest absolute Gasteiger partial charge is 0.462 e. The fourth-order valence-corrected chi connectivity index (χ4v) is 2.64. The van der Waals surface area contributed by atoms with Crippen LogP contribution < -0.4 is 15.8 Å². The lowest BCUT2D eigenvalue weighted by Crippen LogP contribution is -2.22. The second kappa shape index (κ2) is 8.92. The van der Waals surface area contributed by atoms with E-state index >= 15 is 0 Å². The molecule has 2 rings (SSSR count). The molecular weight excluding hydrogens is 364 g/mol. The molecule has 1 fully saturated rings. The highest BCUT2D eigenvalue weighted by Crippen LogP contribution is 2.28. The Morgan fingerprint density at radius 2 is 2.08 bits per heavy atom. The highest BCUT2D eigenvalue weighted by molar-refractivity contribution is 7.89. The average Bonchev–Trinajstić information content (AvgIpc) is 2.98. The molecule has 1 aliphatic heterocycles. The fraction of sp³-hybridized carbons (Fsp3) is 0.533. The zero-order chi connectivity index (χ0) is 20.0. The fourth-order valence-electron chi connectivity index (χ4n) is 2.10. The summed E-state index contributed by atoms with van der Waals surface area (Å²) in [5.41, 5.74) is -0.314. The van der Waals surface area contributed by atoms with Crippen LogP contribution in [-0.4, -0.2) is 44.5 Å². The lowest BCUT2D eigenvalue weighted by atomic mass is 10.2. The average molecular weight is 388 g/mol. The van der Waals surface area contributed by atoms with Gasteiger partial charge in [-0.15, -0.1) is 0 Å². The van der Waals surface area contributed by atoms with E-state index in [2.05, 4.69) is 15.4 Å². The van der Waals surface area contributed by atoms with E-state index in [-0.39, 0.29) is 22.2 Å². The molecule has 1 aliphatic rings. The molecule has 26 heavy (non-hydrogen) atoms. The highest BCUT2D eigenvalue weighted by Gasteiger charge is 2.22. The van der Waals surface area contributed by atoms with Crippen LogP contribution in [0.2, 0.25) is 0 Å². The van der Waals surface area contributed by atoms with Gasteiger partial charge in [0, 0.05) is 18.7 Å². The summed E-state index contributed by atoms with van der Waals surface area (Å²) >= 11 is 0. The van der Waals surface area contributed by atoms with Gasteiger partial charge in [0.25, 0.3) is 12.2 Å². The Morgan fingerprint density at radius 3 is 2.46 bits per heavy atom. The van der Waals surface area contributed by atoms with Gasteiger partial charge in [0.1, 0.15) is 11.3 Å². The van der Waals surface area contributed by atoms with E-state index in [1.165, 1.54) is 12.1 Å². The standard InChI is InChI=1S/C10H14N4O4S.C5H10O2/c11-19(17,18)8-1-2-9(10(5-8)14(15)16)13-7-3-4-12-6-7;1-5(2,3)7-4-6/h1-2,5,7,12-13H,3-4,6H2,(H2,11,17,18);4H,1-3H3/t7-;/m1./s1. The van der Waals surface area contributed by atoms with Gasteiger partial charge in [-0.3, -0.25) is 14.9 Å². The van der Waals surface area contributed by atoms with Crippen molar-refractivity contribution in [1.29, 1.82) is 0 Å². The molecular formula is C15H24N4O6S. The van der Waals surface area contributed by atoms with Gasteiger partial charge in [-0.25, -0.2) is 13.6 Å². The summed E-state index contributed by atoms with van der Waals surface area (Å²) in [6.07, 6.45) is 0.855. The number of carbonyl (C=O) groups is 1. The number of carbonyl (C=O) groups excluding carboxylic acids is 1. The van der Waals surface area contributed by atoms with Crippen molar-refractivity contribution < 1.29 is 22.9 Å². The van der Waals surface area contributed by atoms with Gasteiger partial charge >= 0.3 is 0 Å². The molecule has 1 atom stereocenters. The Morgan fingerprint density at radius 1 is 1.42 bits per heavy atom. The van der Waals surface area contributed by atoms with E-state index in [1.54, 1.807) is 0 Å². The highest BCUT2D eigenvalue weighted by atomic mass is 32.2. The van der Waals surface area contributed by atoms with Gasteiger partial charge in [-0.05, 0) is 45.9 Å². The van der Waals surface area contributed by atoms with Gasteiger partial charge in [0.05, 0.1) is 9.82 Å². The summed E-state index contributed by atoms with van der Waals surface area (Å²) in [4.78, 5) is 19.7. The quantitative estimate of drug-likeness (QED) is 0.383. The Labute approximate surface area is 152 Å². The number of ether oxygens (including phenoxy) is 1. The van der Waals surface area contributed by atoms with E-state index in [4.69, 9.17) is 5.14 Å². The SMILES string of the molecule is CC(C)(C)OC=O.NS(=O)(=O)c1ccc(N[C@@H]2CCNC2)c([N+](=O)[O-])c1. The van der Waals surface area contributed by atoms with Crippen LogP contribution in [0, 0.1) is 10.1 Å². The molecule has 146 valence electrons. The molecule has 0 saturated carbocycles. The Balaban J connectivity index is 0.000000412. The van der Waals surface area contributed by atoms with E-state index in [0.29, 0.717) is 18.7 Å². The molecule has 0 unspecified atom stereocenters. The molecule has 1 saturated heterocycles. The zero-order valence-electron chi connectivity index (χ0n) is 14.9. The Kier molecular flexibility index (Phi) is 7.48. The van der Waals surface area contributed by atoms with E-state index in [0.717, 1.165) is 19.0 Å². The molecule has 11 heteroatoms. The third-order valence-corrected chi connectivity index (χ3v) is 4.23. The van der Waals surface area contributed by atoms with Gasteiger partial charge in [-0.1, -0.05) is 0 Å². The first kappa shape index (κ1) is 21.8. The smallest absolute Gasteiger partial charge is 0.293 e. The minimum atomic E-state index is -3.95. The third-order valence-electron chi connectivity index (χ3n) is 3.32. The number of sulfonamides is 1. The molecule has 0 spiro atoms. The Bertz CT molecular complexity index is 739. The van der Waals surface area contributed by atoms with Crippen LogP contribution in [-0.2, 0) is 19.6 Å². The van der Waals surface area contributed by atoms with Crippen LogP contribution in [0.5, 0.6) is 0 Å². The first-order valence-electron chi connectivity index (χ1n) is 7.84. The lowest BCUT2D eigenvalue weighted by molar-refractivity contribution is -0.384. The third kappa shape index (κ3) is 7.33. The first-order valence-corrected chi connectivity index (χ1v) is 9.38. The van der Waals surface area contributed by atoms with Crippen LogP contribution in [0.3, 0.4) is 0 Å². The van der Waals surface area contributed by atoms with Gasteiger partial charge in [0.2, 0.25) is 10.0 Å². The Hall–Kier alpha value is -2.24. The van der Waals surface area contributed by atoms with Crippen LogP contribution >= 0.6 is 0 Å². The molecule has 0 amide bonds. The monoisotopic (exact) mass is 388 g/mol. The van der Waals surface area contributed by atoms with E-state index < -0.39 is 14.9 Å². The number of nitrogens with two attached hydrogens (primary N) is 1. The maximum Gasteiger partial charge on any atom is 0.293 e. The number of nitrogens with one attached hydrogen (secondary N) is 2. The topological polar surface area (TPSA) is 154 Å². The second-order valence-electron chi connectivity index (χ2n) is 6.64. The minimum absolute atomic E-state index is 0.0963. The number of hydrogen-bond acceptors (Lipinski definition) is 8. The number of rotatable bonds is 5. The molecule has 10 nitrogen and oxygen atoms in total. The summed E-state index contributed by atoms with van der Waals surface area (Å²) < 4.78 is 26.9. The number of nitrogens with zero attached hydrogens (tertiary/aromatic N) is 1. The van der Waals surface area contributed by atoms with Crippen molar-refractivity contribution in [2.75, 3.05) is 18.4 Å². The maximum absolute atomic E-state index is 11.2. The van der Waals surface area contributed by atoms with Gasteiger partial charge in [0.15, 0.2) is 0 Å². The molecule has 0 aromatic heterocycles. The van der Waals surface area contributed by atoms with Crippen LogP contribution in [0.25, 0.3) is 0 Å². The van der Waals surface area contributed by atoms with Gasteiger partial charge in [-0.2, -0.15) is 0 Å². The molecule has 1 aromatic carbocycles. The van der Waals surface area contributed by atoms with Crippen molar-refractivity contribution in [3.63, 3.8) is 0 Å². The first-order chi connectivity index (χ1) is 11.9. The minimum Gasteiger partial charge on any atom is -0.462 e. The molecule has 0 aliphatic carbocycles. The number of anilines is 1. The zero-order valence-corrected chi connectivity index (χ0v) is 15.7. The number of hydrogen-bond donors (Lipinski definition) is 3. The van der Waals surface area contributed by atoms with Crippen molar-refractivity contribution >= 4 is 27.9 Å². The summed E-state index contributed by atoms with van der Waals surface area (Å²) in [7, 11) is -3.95. The number of nitro benzene ring substituents is 1. The molecule has 0 bridgehead atoms. The summed E-state index contributed by atoms with van der Waals surface area (Å²) in [6.45, 7) is 7.49.